The fourth-order valence-corrected chi connectivity index (χ4v) is 5.06. The number of H-pyrrole nitrogens is 1. The molecule has 0 amide bonds. The van der Waals surface area contributed by atoms with Crippen molar-refractivity contribution in [1.29, 1.82) is 0 Å². The Labute approximate surface area is 182 Å². The van der Waals surface area contributed by atoms with E-state index >= 15 is 0 Å². The van der Waals surface area contributed by atoms with Crippen LogP contribution < -0.4 is 5.14 Å². The second-order valence-corrected chi connectivity index (χ2v) is 9.48. The average Bonchev–Trinajstić information content (AvgIpc) is 3.42. The van der Waals surface area contributed by atoms with E-state index in [4.69, 9.17) is 5.14 Å². The topological polar surface area (TPSA) is 142 Å². The number of carbonyl (C=O) groups excluding carboxylic acids is 1. The monoisotopic (exact) mass is 459 g/mol. The molecular formula is C19H21N7O3S2. The first-order valence-electron chi connectivity index (χ1n) is 9.44. The van der Waals surface area contributed by atoms with E-state index in [1.54, 1.807) is 6.07 Å². The second kappa shape index (κ2) is 7.94. The van der Waals surface area contributed by atoms with Crippen LogP contribution in [-0.2, 0) is 16.6 Å². The van der Waals surface area contributed by atoms with Crippen molar-refractivity contribution in [2.24, 2.45) is 5.14 Å². The number of aromatic amines is 1. The maximum absolute atomic E-state index is 13.0. The molecule has 0 saturated heterocycles. The normalized spacial score (nSPS) is 12.0. The van der Waals surface area contributed by atoms with Crippen LogP contribution in [0.1, 0.15) is 28.7 Å². The quantitative estimate of drug-likeness (QED) is 0.319. The summed E-state index contributed by atoms with van der Waals surface area (Å²) in [6, 6.07) is 6.43. The van der Waals surface area contributed by atoms with E-state index in [-0.39, 0.29) is 16.4 Å². The van der Waals surface area contributed by atoms with Gasteiger partial charge in [-0.2, -0.15) is 10.1 Å². The van der Waals surface area contributed by atoms with Crippen molar-refractivity contribution in [3.8, 4) is 5.95 Å². The van der Waals surface area contributed by atoms with Gasteiger partial charge in [-0.05, 0) is 45.0 Å². The number of benzene rings is 1. The highest BCUT2D eigenvalue weighted by Gasteiger charge is 2.20. The molecule has 0 saturated carbocycles. The number of nitrogens with one attached hydrogen (secondary N) is 1. The van der Waals surface area contributed by atoms with Crippen molar-refractivity contribution in [2.45, 2.75) is 37.4 Å². The van der Waals surface area contributed by atoms with Crippen LogP contribution in [0.25, 0.3) is 17.0 Å². The number of fused-ring (bicyclic) bond motifs is 1. The molecule has 3 aromatic heterocycles. The number of sulfonamides is 1. The SMILES string of the molecule is CCn1c(SCC(=O)c2cc(C)n(-c3ncn[nH]3)c2C)nc2cc(S(N)(=O)=O)ccc21. The maximum atomic E-state index is 13.0. The zero-order valence-electron chi connectivity index (χ0n) is 17.2. The van der Waals surface area contributed by atoms with Gasteiger partial charge in [-0.25, -0.2) is 23.6 Å². The number of nitrogens with two attached hydrogens (primary N) is 1. The molecule has 1 aromatic carbocycles. The van der Waals surface area contributed by atoms with Crippen LogP contribution in [0, 0.1) is 13.8 Å². The molecule has 0 fully saturated rings. The van der Waals surface area contributed by atoms with Crippen molar-refractivity contribution in [1.82, 2.24) is 29.3 Å². The number of aryl methyl sites for hydroxylation is 2. The number of nitrogens with zero attached hydrogens (tertiary/aromatic N) is 5. The molecule has 0 unspecified atom stereocenters. The molecular weight excluding hydrogens is 438 g/mol. The summed E-state index contributed by atoms with van der Waals surface area (Å²) in [5.41, 5.74) is 3.57. The van der Waals surface area contributed by atoms with Gasteiger partial charge in [-0.15, -0.1) is 0 Å². The Bertz CT molecular complexity index is 1390. The lowest BCUT2D eigenvalue weighted by Crippen LogP contribution is -2.11. The van der Waals surface area contributed by atoms with Crippen LogP contribution in [0.5, 0.6) is 0 Å². The summed E-state index contributed by atoms with van der Waals surface area (Å²) < 4.78 is 27.1. The number of imidazole rings is 1. The summed E-state index contributed by atoms with van der Waals surface area (Å²) in [6.45, 7) is 6.36. The summed E-state index contributed by atoms with van der Waals surface area (Å²) >= 11 is 1.31. The molecule has 12 heteroatoms. The molecule has 0 atom stereocenters. The predicted molar refractivity (Wildman–Crippen MR) is 117 cm³/mol. The average molecular weight is 460 g/mol. The van der Waals surface area contributed by atoms with E-state index in [0.717, 1.165) is 16.9 Å². The van der Waals surface area contributed by atoms with Gasteiger partial charge >= 0.3 is 0 Å². The highest BCUT2D eigenvalue weighted by molar-refractivity contribution is 7.99. The Morgan fingerprint density at radius 3 is 2.68 bits per heavy atom. The molecule has 0 bridgehead atoms. The van der Waals surface area contributed by atoms with E-state index in [9.17, 15) is 13.2 Å². The lowest BCUT2D eigenvalue weighted by Gasteiger charge is -2.06. The summed E-state index contributed by atoms with van der Waals surface area (Å²) in [5.74, 6) is 0.704. The van der Waals surface area contributed by atoms with Gasteiger partial charge in [0.2, 0.25) is 16.0 Å². The number of hydrogen-bond acceptors (Lipinski definition) is 7. The molecule has 4 aromatic rings. The Hall–Kier alpha value is -2.96. The third-order valence-corrected chi connectivity index (χ3v) is 6.89. The molecule has 162 valence electrons. The van der Waals surface area contributed by atoms with E-state index < -0.39 is 10.0 Å². The predicted octanol–water partition coefficient (Wildman–Crippen LogP) is 2.20. The van der Waals surface area contributed by atoms with Crippen LogP contribution >= 0.6 is 11.8 Å². The van der Waals surface area contributed by atoms with Crippen molar-refractivity contribution >= 4 is 38.6 Å². The van der Waals surface area contributed by atoms with Crippen LogP contribution in [0.3, 0.4) is 0 Å². The number of Topliss-reactive ketones (excluding diaryl/α,β-unsaturated/α-hetero) is 1. The van der Waals surface area contributed by atoms with E-state index in [1.807, 2.05) is 36.0 Å². The van der Waals surface area contributed by atoms with Gasteiger partial charge < -0.3 is 4.57 Å². The van der Waals surface area contributed by atoms with E-state index in [2.05, 4.69) is 20.2 Å². The Balaban J connectivity index is 1.61. The van der Waals surface area contributed by atoms with Gasteiger partial charge in [-0.3, -0.25) is 9.36 Å². The molecule has 0 aliphatic heterocycles. The van der Waals surface area contributed by atoms with Crippen molar-refractivity contribution in [3.05, 3.63) is 47.5 Å². The molecule has 3 heterocycles. The summed E-state index contributed by atoms with van der Waals surface area (Å²) in [7, 11) is -3.82. The van der Waals surface area contributed by atoms with Crippen molar-refractivity contribution in [3.63, 3.8) is 0 Å². The molecule has 0 aliphatic rings. The first-order valence-corrected chi connectivity index (χ1v) is 12.0. The lowest BCUT2D eigenvalue weighted by atomic mass is 10.2. The number of thioether (sulfide) groups is 1. The number of ketones is 1. The van der Waals surface area contributed by atoms with Gasteiger partial charge in [0.1, 0.15) is 6.33 Å². The maximum Gasteiger partial charge on any atom is 0.238 e. The van der Waals surface area contributed by atoms with Crippen LogP contribution in [0.15, 0.2) is 40.6 Å². The van der Waals surface area contributed by atoms with E-state index in [0.29, 0.717) is 28.7 Å². The molecule has 0 aliphatic carbocycles. The first-order chi connectivity index (χ1) is 14.7. The van der Waals surface area contributed by atoms with E-state index in [1.165, 1.54) is 30.2 Å². The number of rotatable bonds is 7. The third-order valence-electron chi connectivity index (χ3n) is 5.01. The number of carbonyl (C=O) groups is 1. The summed E-state index contributed by atoms with van der Waals surface area (Å²) in [6.07, 6.45) is 1.42. The fraction of sp³-hybridized carbons (Fsp3) is 0.263. The standard InChI is InChI=1S/C19H21N7O3S2/c1-4-25-16-6-5-13(31(20,28)29)8-15(16)23-19(25)30-9-17(27)14-7-11(2)26(12(14)3)18-21-10-22-24-18/h5-8,10H,4,9H2,1-3H3,(H2,20,28,29)(H,21,22,24). The minimum atomic E-state index is -3.82. The van der Waals surface area contributed by atoms with Crippen LogP contribution in [0.2, 0.25) is 0 Å². The molecule has 31 heavy (non-hydrogen) atoms. The Morgan fingerprint density at radius 2 is 2.03 bits per heavy atom. The number of hydrogen-bond donors (Lipinski definition) is 2. The van der Waals surface area contributed by atoms with Gasteiger partial charge in [0.15, 0.2) is 10.9 Å². The summed E-state index contributed by atoms with van der Waals surface area (Å²) in [5, 5.41) is 12.5. The second-order valence-electron chi connectivity index (χ2n) is 6.98. The summed E-state index contributed by atoms with van der Waals surface area (Å²) in [4.78, 5) is 21.7. The molecule has 4 rings (SSSR count). The zero-order valence-corrected chi connectivity index (χ0v) is 18.8. The largest absolute Gasteiger partial charge is 0.319 e. The van der Waals surface area contributed by atoms with Crippen LogP contribution in [-0.4, -0.2) is 49.3 Å². The Kier molecular flexibility index (Phi) is 5.45. The van der Waals surface area contributed by atoms with Gasteiger partial charge in [-0.1, -0.05) is 11.8 Å². The smallest absolute Gasteiger partial charge is 0.238 e. The van der Waals surface area contributed by atoms with Crippen molar-refractivity contribution < 1.29 is 13.2 Å². The third kappa shape index (κ3) is 3.89. The molecule has 10 nitrogen and oxygen atoms in total. The zero-order chi connectivity index (χ0) is 22.3. The fourth-order valence-electron chi connectivity index (χ4n) is 3.57. The molecule has 0 spiro atoms. The Morgan fingerprint density at radius 1 is 1.26 bits per heavy atom. The van der Waals surface area contributed by atoms with Gasteiger partial charge in [0, 0.05) is 23.5 Å². The highest BCUT2D eigenvalue weighted by Crippen LogP contribution is 2.27. The highest BCUT2D eigenvalue weighted by atomic mass is 32.2. The molecule has 3 N–H and O–H groups in total. The minimum absolute atomic E-state index is 0.00763. The lowest BCUT2D eigenvalue weighted by molar-refractivity contribution is 0.102. The number of aromatic nitrogens is 6. The van der Waals surface area contributed by atoms with Crippen LogP contribution in [0.4, 0.5) is 0 Å². The van der Waals surface area contributed by atoms with Crippen molar-refractivity contribution in [2.75, 3.05) is 5.75 Å². The molecule has 0 radical (unpaired) electrons. The van der Waals surface area contributed by atoms with Gasteiger partial charge in [0.25, 0.3) is 0 Å². The van der Waals surface area contributed by atoms with Gasteiger partial charge in [0.05, 0.1) is 21.7 Å². The number of primary sulfonamides is 1. The minimum Gasteiger partial charge on any atom is -0.319 e. The first kappa shape index (κ1) is 21.3.